The summed E-state index contributed by atoms with van der Waals surface area (Å²) in [6.07, 6.45) is 0.520. The molecule has 0 spiro atoms. The molecule has 1 saturated heterocycles. The lowest BCUT2D eigenvalue weighted by Gasteiger charge is -2.17. The number of benzene rings is 1. The Morgan fingerprint density at radius 3 is 2.88 bits per heavy atom. The molecular formula is C12H14BrNO3. The molecule has 0 bridgehead atoms. The van der Waals surface area contributed by atoms with E-state index in [1.807, 2.05) is 18.2 Å². The van der Waals surface area contributed by atoms with Crippen LogP contribution in [0.25, 0.3) is 0 Å². The monoisotopic (exact) mass is 299 g/mol. The van der Waals surface area contributed by atoms with Crippen molar-refractivity contribution in [3.8, 4) is 5.75 Å². The lowest BCUT2D eigenvalue weighted by atomic mass is 10.1. The second-order valence-corrected chi connectivity index (χ2v) is 4.86. The van der Waals surface area contributed by atoms with E-state index in [0.29, 0.717) is 6.61 Å². The molecule has 5 heteroatoms. The molecule has 1 atom stereocenters. The zero-order valence-electron chi connectivity index (χ0n) is 9.77. The Balaban J connectivity index is 2.11. The second kappa shape index (κ2) is 4.96. The van der Waals surface area contributed by atoms with Crippen molar-refractivity contribution in [1.82, 2.24) is 4.90 Å². The number of rotatable bonds is 3. The van der Waals surface area contributed by atoms with Crippen molar-refractivity contribution >= 4 is 22.0 Å². The van der Waals surface area contributed by atoms with Crippen molar-refractivity contribution in [3.05, 3.63) is 28.2 Å². The summed E-state index contributed by atoms with van der Waals surface area (Å²) in [5.74, 6) is 0.813. The highest BCUT2D eigenvalue weighted by Gasteiger charge is 2.29. The maximum absolute atomic E-state index is 11.2. The molecular weight excluding hydrogens is 286 g/mol. The first-order chi connectivity index (χ1) is 8.11. The smallest absolute Gasteiger partial charge is 0.409 e. The molecule has 17 heavy (non-hydrogen) atoms. The molecule has 4 nitrogen and oxygen atoms in total. The van der Waals surface area contributed by atoms with Gasteiger partial charge in [-0.25, -0.2) is 4.79 Å². The Bertz CT molecular complexity index is 436. The van der Waals surface area contributed by atoms with Gasteiger partial charge in [0.05, 0.1) is 13.2 Å². The second-order valence-electron chi connectivity index (χ2n) is 4.00. The van der Waals surface area contributed by atoms with Gasteiger partial charge in [0, 0.05) is 11.5 Å². The van der Waals surface area contributed by atoms with Gasteiger partial charge in [0.15, 0.2) is 0 Å². The lowest BCUT2D eigenvalue weighted by molar-refractivity contribution is 0.163. The topological polar surface area (TPSA) is 38.8 Å². The van der Waals surface area contributed by atoms with E-state index in [2.05, 4.69) is 15.9 Å². The SMILES string of the molecule is COc1ccc(C[C@@H]2COC(=O)N2C)c(Br)c1. The molecule has 1 aliphatic heterocycles. The van der Waals surface area contributed by atoms with Crippen LogP contribution in [0.2, 0.25) is 0 Å². The van der Waals surface area contributed by atoms with Gasteiger partial charge in [0.2, 0.25) is 0 Å². The molecule has 1 aromatic rings. The van der Waals surface area contributed by atoms with Crippen LogP contribution in [0.1, 0.15) is 5.56 Å². The van der Waals surface area contributed by atoms with Crippen molar-refractivity contribution in [1.29, 1.82) is 0 Å². The van der Waals surface area contributed by atoms with E-state index in [1.54, 1.807) is 19.1 Å². The highest BCUT2D eigenvalue weighted by atomic mass is 79.9. The zero-order chi connectivity index (χ0) is 12.4. The van der Waals surface area contributed by atoms with E-state index >= 15 is 0 Å². The molecule has 1 aromatic carbocycles. The third-order valence-electron chi connectivity index (χ3n) is 2.95. The fourth-order valence-corrected chi connectivity index (χ4v) is 2.32. The van der Waals surface area contributed by atoms with Crippen LogP contribution in [0.4, 0.5) is 4.79 Å². The predicted molar refractivity (Wildman–Crippen MR) is 67.3 cm³/mol. The number of likely N-dealkylation sites (N-methyl/N-ethyl adjacent to an activating group) is 1. The van der Waals surface area contributed by atoms with E-state index < -0.39 is 0 Å². The molecule has 0 radical (unpaired) electrons. The summed E-state index contributed by atoms with van der Waals surface area (Å²) in [5, 5.41) is 0. The number of cyclic esters (lactones) is 1. The number of carbonyl (C=O) groups is 1. The molecule has 92 valence electrons. The average Bonchev–Trinajstić information content (AvgIpc) is 2.63. The summed E-state index contributed by atoms with van der Waals surface area (Å²) in [6, 6.07) is 5.94. The number of hydrogen-bond acceptors (Lipinski definition) is 3. The van der Waals surface area contributed by atoms with Gasteiger partial charge >= 0.3 is 6.09 Å². The Kier molecular flexibility index (Phi) is 3.57. The summed E-state index contributed by atoms with van der Waals surface area (Å²) in [7, 11) is 3.40. The van der Waals surface area contributed by atoms with Crippen LogP contribution >= 0.6 is 15.9 Å². The van der Waals surface area contributed by atoms with E-state index in [1.165, 1.54) is 0 Å². The highest BCUT2D eigenvalue weighted by Crippen LogP contribution is 2.25. The number of amides is 1. The fourth-order valence-electron chi connectivity index (χ4n) is 1.80. The molecule has 0 saturated carbocycles. The maximum Gasteiger partial charge on any atom is 0.409 e. The standard InChI is InChI=1S/C12H14BrNO3/c1-14-9(7-17-12(14)15)5-8-3-4-10(16-2)6-11(8)13/h3-4,6,9H,5,7H2,1-2H3/t9-/m1/s1. The molecule has 0 N–H and O–H groups in total. The lowest BCUT2D eigenvalue weighted by Crippen LogP contribution is -2.31. The van der Waals surface area contributed by atoms with E-state index in [9.17, 15) is 4.79 Å². The first kappa shape index (κ1) is 12.2. The summed E-state index contributed by atoms with van der Waals surface area (Å²) >= 11 is 3.51. The molecule has 2 rings (SSSR count). The van der Waals surface area contributed by atoms with Crippen molar-refractivity contribution in [2.75, 3.05) is 20.8 Å². The van der Waals surface area contributed by atoms with Crippen molar-refractivity contribution in [2.45, 2.75) is 12.5 Å². The van der Waals surface area contributed by atoms with Crippen LogP contribution in [0.5, 0.6) is 5.75 Å². The normalized spacial score (nSPS) is 19.4. The Morgan fingerprint density at radius 1 is 1.59 bits per heavy atom. The van der Waals surface area contributed by atoms with Crippen molar-refractivity contribution in [2.24, 2.45) is 0 Å². The summed E-state index contributed by atoms with van der Waals surface area (Å²) < 4.78 is 11.1. The van der Waals surface area contributed by atoms with Crippen LogP contribution < -0.4 is 4.74 Å². The number of nitrogens with zero attached hydrogens (tertiary/aromatic N) is 1. The van der Waals surface area contributed by atoms with Gasteiger partial charge in [-0.3, -0.25) is 0 Å². The average molecular weight is 300 g/mol. The Labute approximate surface area is 109 Å². The minimum absolute atomic E-state index is 0.104. The molecule has 1 heterocycles. The molecule has 0 aliphatic carbocycles. The number of halogens is 1. The fraction of sp³-hybridized carbons (Fsp3) is 0.417. The summed E-state index contributed by atoms with van der Waals surface area (Å²) in [4.78, 5) is 12.9. The van der Waals surface area contributed by atoms with Gasteiger partial charge in [-0.05, 0) is 24.1 Å². The molecule has 0 unspecified atom stereocenters. The third-order valence-corrected chi connectivity index (χ3v) is 3.69. The van der Waals surface area contributed by atoms with E-state index in [4.69, 9.17) is 9.47 Å². The molecule has 0 aromatic heterocycles. The molecule has 1 fully saturated rings. The van der Waals surface area contributed by atoms with Gasteiger partial charge in [-0.15, -0.1) is 0 Å². The summed E-state index contributed by atoms with van der Waals surface area (Å²) in [6.45, 7) is 0.452. The number of hydrogen-bond donors (Lipinski definition) is 0. The Hall–Kier alpha value is -1.23. The molecule has 1 aliphatic rings. The Morgan fingerprint density at radius 2 is 2.35 bits per heavy atom. The van der Waals surface area contributed by atoms with Gasteiger partial charge < -0.3 is 14.4 Å². The van der Waals surface area contributed by atoms with E-state index in [-0.39, 0.29) is 12.1 Å². The minimum atomic E-state index is -0.250. The van der Waals surface area contributed by atoms with Gasteiger partial charge in [-0.2, -0.15) is 0 Å². The maximum atomic E-state index is 11.2. The minimum Gasteiger partial charge on any atom is -0.497 e. The van der Waals surface area contributed by atoms with Crippen molar-refractivity contribution < 1.29 is 14.3 Å². The summed E-state index contributed by atoms with van der Waals surface area (Å²) in [5.41, 5.74) is 1.14. The van der Waals surface area contributed by atoms with Gasteiger partial charge in [0.25, 0.3) is 0 Å². The highest BCUT2D eigenvalue weighted by molar-refractivity contribution is 9.10. The van der Waals surface area contributed by atoms with Crippen LogP contribution in [-0.4, -0.2) is 37.8 Å². The van der Waals surface area contributed by atoms with Crippen molar-refractivity contribution in [3.63, 3.8) is 0 Å². The number of ether oxygens (including phenoxy) is 2. The first-order valence-electron chi connectivity index (χ1n) is 5.34. The van der Waals surface area contributed by atoms with Crippen LogP contribution in [-0.2, 0) is 11.2 Å². The third kappa shape index (κ3) is 2.54. The predicted octanol–water partition coefficient (Wildman–Crippen LogP) is 2.45. The molecule has 1 amide bonds. The van der Waals surface area contributed by atoms with E-state index in [0.717, 1.165) is 22.2 Å². The van der Waals surface area contributed by atoms with Gasteiger partial charge in [0.1, 0.15) is 12.4 Å². The quantitative estimate of drug-likeness (QED) is 0.860. The first-order valence-corrected chi connectivity index (χ1v) is 6.13. The zero-order valence-corrected chi connectivity index (χ0v) is 11.4. The largest absolute Gasteiger partial charge is 0.497 e. The van der Waals surface area contributed by atoms with Crippen LogP contribution in [0, 0.1) is 0 Å². The van der Waals surface area contributed by atoms with Crippen LogP contribution in [0.15, 0.2) is 22.7 Å². The number of methoxy groups -OCH3 is 1. The number of carbonyl (C=O) groups excluding carboxylic acids is 1. The van der Waals surface area contributed by atoms with Crippen LogP contribution in [0.3, 0.4) is 0 Å². The van der Waals surface area contributed by atoms with Gasteiger partial charge in [-0.1, -0.05) is 22.0 Å².